The monoisotopic (exact) mass is 1640 g/mol. The number of methoxy groups -OCH3 is 3. The van der Waals surface area contributed by atoms with E-state index < -0.39 is 131 Å². The Balaban J connectivity index is 0.000000165. The van der Waals surface area contributed by atoms with Crippen LogP contribution in [0.1, 0.15) is 147 Å². The molecule has 8 heterocycles. The summed E-state index contributed by atoms with van der Waals surface area (Å²) in [7, 11) is 4.27. The molecule has 1 aromatic heterocycles. The molecule has 6 aromatic carbocycles. The molecule has 0 saturated carbocycles. The zero-order valence-corrected chi connectivity index (χ0v) is 67.2. The number of carbonyl (C=O) groups is 14. The van der Waals surface area contributed by atoms with Crippen LogP contribution in [-0.4, -0.2) is 207 Å². The van der Waals surface area contributed by atoms with Crippen LogP contribution >= 0.6 is 0 Å². The van der Waals surface area contributed by atoms with E-state index in [1.807, 2.05) is 0 Å². The van der Waals surface area contributed by atoms with Gasteiger partial charge in [0.15, 0.2) is 37.5 Å². The highest BCUT2D eigenvalue weighted by atomic mass is 19.1. The van der Waals surface area contributed by atoms with Gasteiger partial charge >= 0.3 is 36.0 Å². The Labute approximate surface area is 685 Å². The third-order valence-corrected chi connectivity index (χ3v) is 20.1. The summed E-state index contributed by atoms with van der Waals surface area (Å²) in [5.41, 5.74) is 2.63. The molecule has 7 aromatic rings. The Morgan fingerprint density at radius 3 is 1.31 bits per heavy atom. The van der Waals surface area contributed by atoms with Crippen LogP contribution in [0.15, 0.2) is 114 Å². The van der Waals surface area contributed by atoms with E-state index in [0.717, 1.165) is 20.9 Å². The van der Waals surface area contributed by atoms with Gasteiger partial charge in [0.05, 0.1) is 80.2 Å². The Morgan fingerprint density at radius 2 is 0.875 bits per heavy atom. The molecule has 3 saturated heterocycles. The number of fused-ring (bicyclic) bond motifs is 5. The summed E-state index contributed by atoms with van der Waals surface area (Å²) in [6, 6.07) is 26.5. The lowest BCUT2D eigenvalue weighted by Crippen LogP contribution is -2.54. The van der Waals surface area contributed by atoms with Crippen molar-refractivity contribution in [1.82, 2.24) is 55.5 Å². The number of H-pyrrole nitrogens is 2. The number of anilines is 1. The first-order valence-electron chi connectivity index (χ1n) is 37.2. The second-order valence-electron chi connectivity index (χ2n) is 31.9. The molecule has 7 aliphatic heterocycles. The van der Waals surface area contributed by atoms with Crippen LogP contribution in [0.2, 0.25) is 0 Å². The number of primary amides is 1. The van der Waals surface area contributed by atoms with Crippen molar-refractivity contribution in [3.05, 3.63) is 187 Å². The second-order valence-corrected chi connectivity index (χ2v) is 31.9. The van der Waals surface area contributed by atoms with E-state index >= 15 is 0 Å². The van der Waals surface area contributed by atoms with Gasteiger partial charge in [-0.05, 0) is 170 Å². The van der Waals surface area contributed by atoms with Crippen molar-refractivity contribution in [1.29, 1.82) is 0 Å². The number of halogens is 1. The number of esters is 3. The molecule has 0 spiro atoms. The number of ether oxygens (including phenoxy) is 6. The summed E-state index contributed by atoms with van der Waals surface area (Å²) in [4.78, 5) is 198. The van der Waals surface area contributed by atoms with Crippen LogP contribution in [0, 0.1) is 57.6 Å². The molecule has 0 aliphatic carbocycles. The van der Waals surface area contributed by atoms with Crippen molar-refractivity contribution in [3.8, 4) is 52.8 Å². The predicted octanol–water partition coefficient (Wildman–Crippen LogP) is 5.64. The number of nitrogens with one attached hydrogen (secondary N) is 6. The molecule has 0 radical (unpaired) electrons. The van der Waals surface area contributed by atoms with Gasteiger partial charge in [-0.3, -0.25) is 67.7 Å². The number of aromatic nitrogens is 2. The highest BCUT2D eigenvalue weighted by Crippen LogP contribution is 2.36. The number of carbonyl (C=O) groups excluding carboxylic acids is 14. The highest BCUT2D eigenvalue weighted by molar-refractivity contribution is 6.13. The molecule has 35 heteroatoms. The third kappa shape index (κ3) is 17.1. The molecule has 7 aliphatic rings. The first kappa shape index (κ1) is 84.6. The molecular formula is C85H82FN13O21. The Hall–Kier alpha value is -14.8. The van der Waals surface area contributed by atoms with Crippen molar-refractivity contribution in [3.63, 3.8) is 0 Å². The maximum absolute atomic E-state index is 15.0. The smallest absolute Gasteiger partial charge is 0.328 e. The zero-order valence-electron chi connectivity index (χ0n) is 67.2. The number of nitrogens with zero attached hydrogens (tertiary/aromatic N) is 6. The molecule has 3 fully saturated rings. The van der Waals surface area contributed by atoms with E-state index in [2.05, 4.69) is 67.0 Å². The Kier molecular flexibility index (Phi) is 23.0. The second kappa shape index (κ2) is 32.7. The average Bonchev–Trinajstić information content (AvgIpc) is 1.61. The van der Waals surface area contributed by atoms with E-state index in [0.29, 0.717) is 71.9 Å². The maximum atomic E-state index is 15.0. The first-order valence-corrected chi connectivity index (χ1v) is 37.2. The summed E-state index contributed by atoms with van der Waals surface area (Å²) in [6.45, 7) is 12.5. The summed E-state index contributed by atoms with van der Waals surface area (Å²) >= 11 is 0. The lowest BCUT2D eigenvalue weighted by molar-refractivity contribution is -0.159. The Bertz CT molecular complexity index is 5820. The fraction of sp³-hybridized carbons (Fsp3) is 0.329. The molecule has 620 valence electrons. The summed E-state index contributed by atoms with van der Waals surface area (Å²) in [5.74, 6) is 11.0. The van der Waals surface area contributed by atoms with Crippen molar-refractivity contribution < 1.29 is 99.9 Å². The van der Waals surface area contributed by atoms with Crippen LogP contribution in [0.3, 0.4) is 0 Å². The predicted molar refractivity (Wildman–Crippen MR) is 423 cm³/mol. The van der Waals surface area contributed by atoms with Crippen LogP contribution in [-0.2, 0) is 62.6 Å². The fourth-order valence-electron chi connectivity index (χ4n) is 13.3. The number of amides is 13. The lowest BCUT2D eigenvalue weighted by atomic mass is 9.97. The number of nitrogens with two attached hydrogens (primary N) is 1. The summed E-state index contributed by atoms with van der Waals surface area (Å²) < 4.78 is 46.1. The van der Waals surface area contributed by atoms with Gasteiger partial charge in [0, 0.05) is 64.3 Å². The van der Waals surface area contributed by atoms with E-state index in [-0.39, 0.29) is 79.3 Å². The number of Topliss-reactive ketones (excluding diaryl/α,β-unsaturated/α-hetero) is 1. The van der Waals surface area contributed by atoms with E-state index in [1.54, 1.807) is 153 Å². The molecule has 14 rings (SSSR count). The van der Waals surface area contributed by atoms with Crippen molar-refractivity contribution in [2.24, 2.45) is 22.0 Å². The van der Waals surface area contributed by atoms with E-state index in [4.69, 9.17) is 34.2 Å². The van der Waals surface area contributed by atoms with Gasteiger partial charge < -0.3 is 70.1 Å². The third-order valence-electron chi connectivity index (χ3n) is 20.1. The van der Waals surface area contributed by atoms with Crippen LogP contribution in [0.25, 0.3) is 10.9 Å². The topological polar surface area (TPSA) is 437 Å². The zero-order chi connectivity index (χ0) is 87.0. The number of imide groups is 3. The number of hydrogen-bond donors (Lipinski definition) is 7. The van der Waals surface area contributed by atoms with Crippen molar-refractivity contribution in [2.45, 2.75) is 98.6 Å². The number of hydrogen-bond acceptors (Lipinski definition) is 22. The van der Waals surface area contributed by atoms with Gasteiger partial charge in [0.25, 0.3) is 41.0 Å². The van der Waals surface area contributed by atoms with Crippen LogP contribution in [0.5, 0.6) is 17.2 Å². The molecule has 0 bridgehead atoms. The highest BCUT2D eigenvalue weighted by Gasteiger charge is 2.57. The average molecular weight is 1640 g/mol. The molecular weight excluding hydrogens is 1560 g/mol. The van der Waals surface area contributed by atoms with Gasteiger partial charge in [0.1, 0.15) is 11.5 Å². The van der Waals surface area contributed by atoms with Crippen molar-refractivity contribution >= 4 is 99.7 Å². The maximum Gasteiger partial charge on any atom is 0.328 e. The number of ketones is 1. The molecule has 0 unspecified atom stereocenters. The van der Waals surface area contributed by atoms with Gasteiger partial charge in [0.2, 0.25) is 22.5 Å². The molecule has 8 N–H and O–H groups in total. The van der Waals surface area contributed by atoms with Gasteiger partial charge in [-0.1, -0.05) is 53.7 Å². The van der Waals surface area contributed by atoms with Crippen molar-refractivity contribution in [2.75, 3.05) is 73.0 Å². The van der Waals surface area contributed by atoms with Crippen LogP contribution < -0.4 is 46.8 Å². The number of benzene rings is 6. The van der Waals surface area contributed by atoms with E-state index in [1.165, 1.54) is 54.2 Å². The quantitative estimate of drug-likeness (QED) is 0.0266. The molecule has 13 amide bonds. The number of aromatic amines is 2. The largest absolute Gasteiger partial charge is 0.497 e. The summed E-state index contributed by atoms with van der Waals surface area (Å²) in [5, 5.41) is 16.4. The van der Waals surface area contributed by atoms with Gasteiger partial charge in [-0.25, -0.2) is 33.5 Å². The number of rotatable bonds is 16. The van der Waals surface area contributed by atoms with Gasteiger partial charge in [-0.2, -0.15) is 0 Å². The molecule has 120 heavy (non-hydrogen) atoms. The first-order chi connectivity index (χ1) is 56.6. The molecule has 3 atom stereocenters. The normalized spacial score (nSPS) is 18.7. The Morgan fingerprint density at radius 1 is 0.467 bits per heavy atom. The minimum Gasteiger partial charge on any atom is -0.497 e. The lowest BCUT2D eigenvalue weighted by Gasteiger charge is -2.27. The fourth-order valence-corrected chi connectivity index (χ4v) is 13.3. The minimum absolute atomic E-state index is 0.0339. The van der Waals surface area contributed by atoms with E-state index in [9.17, 15) is 76.3 Å². The standard InChI is InChI=1S/C29H28N4O7.C28H26FN5O7.C28H28N4O7/c1-28(2,3)26(37)40-16-33-25(36)29(31-27(33)38,10-9-17-5-8-20-22(11-17)30-13-23(20)34)15-32-14-18-6-7-19(39-4)12-21(18)24(32)35;1-27(2,3)25(38)41-14-34-24(37)28(30-26(34)39,10-9-15-5-7-17-18(11-15)31-32-22(17)35)13-33-12-16-6-8-19(40-4)21(29)20(16)23(33)36;1-27(2,3)25(36)39-16-32-24(35)28(30-26(32)37,12-11-17-5-7-18(8-6-17)22(29)33)15-31-14-19-9-10-20(38-4)13-21(19)23(31)34/h5-8,11-12,30H,13-16H2,1-4H3,(H,31,38);5-8,11H,12-14H2,1-4H3,(H,30,39)(H2,31,32,35);5-10,13H,14-16H2,1-4H3,(H2,29,33)(H,30,37)/t29-;2*28-/m111/s1. The number of urea groups is 3. The SMILES string of the molecule is COc1ccc2c(c1)C(=O)N(C[C@@]1(C#Cc3ccc(C(N)=O)cc3)NC(=O)N(COC(=O)C(C)(C)C)C1=O)C2.COc1ccc2c(c1)C(=O)N(C[C@@]1(C#Cc3ccc4c(c3)NCC4=O)NC(=O)N(COC(=O)C(C)(C)C)C1=O)C2.COc1ccc2c(c1F)C(=O)N(C[C@@]1(C#Cc3ccc4c(=O)[nH][nH]c4c3)NC(=O)N(COC(=O)C(C)(C)C)C1=O)C2. The van der Waals surface area contributed by atoms with Gasteiger partial charge in [-0.15, -0.1) is 0 Å². The van der Waals surface area contributed by atoms with Crippen LogP contribution in [0.4, 0.5) is 24.5 Å². The molecule has 34 nitrogen and oxygen atoms in total. The summed E-state index contributed by atoms with van der Waals surface area (Å²) in [6.07, 6.45) is 0. The minimum atomic E-state index is -1.95.